The number of nitrogen functional groups attached to an aromatic ring is 3. The van der Waals surface area contributed by atoms with Gasteiger partial charge in [0.1, 0.15) is 28.6 Å². The van der Waals surface area contributed by atoms with Gasteiger partial charge in [-0.25, -0.2) is 14.2 Å². The van der Waals surface area contributed by atoms with Crippen molar-refractivity contribution < 1.29 is 18.5 Å². The molecule has 0 spiro atoms. The van der Waals surface area contributed by atoms with Crippen LogP contribution in [0.3, 0.4) is 0 Å². The number of halogens is 1. The Hall–Kier alpha value is -6.85. The second-order valence-electron chi connectivity index (χ2n) is 11.0. The molecule has 0 saturated carbocycles. The number of imidazole rings is 1. The van der Waals surface area contributed by atoms with Gasteiger partial charge in [-0.15, -0.1) is 0 Å². The number of nitrogens with two attached hydrogens (primary N) is 3. The zero-order chi connectivity index (χ0) is 33.9. The molecule has 18 heteroatoms. The lowest BCUT2D eigenvalue weighted by Gasteiger charge is -2.15. The number of amides is 2. The third-order valence-corrected chi connectivity index (χ3v) is 8.04. The molecule has 1 aliphatic rings. The fourth-order valence-corrected chi connectivity index (χ4v) is 5.64. The maximum atomic E-state index is 14.5. The lowest BCUT2D eigenvalue weighted by molar-refractivity contribution is 0.0931. The molecule has 0 fully saturated rings. The van der Waals surface area contributed by atoms with Crippen LogP contribution in [0.25, 0.3) is 17.0 Å². The van der Waals surface area contributed by atoms with Gasteiger partial charge in [-0.05, 0) is 53.8 Å². The molecule has 2 amide bonds. The van der Waals surface area contributed by atoms with Gasteiger partial charge in [-0.3, -0.25) is 33.1 Å². The van der Waals surface area contributed by atoms with Crippen molar-refractivity contribution in [3.05, 3.63) is 107 Å². The number of fused-ring (bicyclic) bond motifs is 2. The Kier molecular flexibility index (Phi) is 6.96. The van der Waals surface area contributed by atoms with Crippen LogP contribution in [0.5, 0.6) is 0 Å². The summed E-state index contributed by atoms with van der Waals surface area (Å²) in [7, 11) is 0. The zero-order valence-electron chi connectivity index (χ0n) is 24.6. The van der Waals surface area contributed by atoms with Gasteiger partial charge in [0.15, 0.2) is 17.3 Å². The number of anilines is 5. The average Bonchev–Trinajstić information content (AvgIpc) is 3.78. The Morgan fingerprint density at radius 2 is 1.83 bits per heavy atom. The smallest absolute Gasteiger partial charge is 0.394 e. The van der Waals surface area contributed by atoms with Crippen LogP contribution in [0.2, 0.25) is 0 Å². The second kappa shape index (κ2) is 11.2. The summed E-state index contributed by atoms with van der Waals surface area (Å²) in [6.45, 7) is -0.117. The van der Waals surface area contributed by atoms with Crippen LogP contribution in [0.4, 0.5) is 33.2 Å². The minimum atomic E-state index is -0.864. The van der Waals surface area contributed by atoms with E-state index in [0.717, 1.165) is 17.2 Å². The number of carbonyl (C=O) groups is 2. The quantitative estimate of drug-likeness (QED) is 0.111. The minimum absolute atomic E-state index is 0.0118. The number of H-pyrrole nitrogens is 1. The molecule has 1 atom stereocenters. The molecule has 0 radical (unpaired) electrons. The number of hydrogen-bond acceptors (Lipinski definition) is 13. The molecule has 17 nitrogen and oxygen atoms in total. The summed E-state index contributed by atoms with van der Waals surface area (Å²) in [5.41, 5.74) is 17.9. The van der Waals surface area contributed by atoms with Crippen molar-refractivity contribution in [1.29, 1.82) is 0 Å². The molecular weight excluding hydrogens is 629 g/mol. The number of aromatic amines is 1. The molecule has 0 aliphatic heterocycles. The molecule has 0 saturated heterocycles. The van der Waals surface area contributed by atoms with Gasteiger partial charge in [0.25, 0.3) is 22.7 Å². The molecule has 1 aliphatic carbocycles. The monoisotopic (exact) mass is 653 g/mol. The number of aromatic nitrogens is 5. The third-order valence-electron chi connectivity index (χ3n) is 8.04. The lowest BCUT2D eigenvalue weighted by Crippen LogP contribution is -2.36. The molecular formula is C30H24FN11O6. The summed E-state index contributed by atoms with van der Waals surface area (Å²) in [5, 5.41) is 11.9. The van der Waals surface area contributed by atoms with E-state index in [9.17, 15) is 28.4 Å². The number of aryl methyl sites for hydroxylation is 1. The summed E-state index contributed by atoms with van der Waals surface area (Å²) in [6.07, 6.45) is 1.22. The van der Waals surface area contributed by atoms with Gasteiger partial charge in [0.05, 0.1) is 11.7 Å². The van der Waals surface area contributed by atoms with E-state index in [1.54, 1.807) is 6.07 Å². The van der Waals surface area contributed by atoms with Gasteiger partial charge >= 0.3 is 5.76 Å². The van der Waals surface area contributed by atoms with E-state index in [-0.39, 0.29) is 58.4 Å². The fourth-order valence-electron chi connectivity index (χ4n) is 5.64. The Morgan fingerprint density at radius 3 is 2.58 bits per heavy atom. The summed E-state index contributed by atoms with van der Waals surface area (Å²) in [5.74, 6) is -2.61. The maximum Gasteiger partial charge on any atom is 0.439 e. The number of carbonyl (C=O) groups excluding carboxylic acids is 2. The van der Waals surface area contributed by atoms with Crippen molar-refractivity contribution in [2.45, 2.75) is 25.4 Å². The Morgan fingerprint density at radius 1 is 1.02 bits per heavy atom. The van der Waals surface area contributed by atoms with Crippen molar-refractivity contribution in [3.8, 4) is 11.4 Å². The van der Waals surface area contributed by atoms with Crippen LogP contribution >= 0.6 is 0 Å². The molecule has 242 valence electrons. The number of hydrogen-bond donors (Lipinski definition) is 7. The van der Waals surface area contributed by atoms with Crippen molar-refractivity contribution >= 4 is 46.3 Å². The number of nitrogens with one attached hydrogen (secondary N) is 4. The highest BCUT2D eigenvalue weighted by atomic mass is 19.1. The molecule has 3 heterocycles. The van der Waals surface area contributed by atoms with Gasteiger partial charge in [0.2, 0.25) is 5.95 Å². The van der Waals surface area contributed by atoms with Crippen LogP contribution < -0.4 is 49.8 Å². The van der Waals surface area contributed by atoms with Crippen molar-refractivity contribution in [2.24, 2.45) is 0 Å². The van der Waals surface area contributed by atoms with E-state index in [1.165, 1.54) is 22.6 Å². The maximum absolute atomic E-state index is 14.5. The molecule has 10 N–H and O–H groups in total. The first-order valence-corrected chi connectivity index (χ1v) is 14.4. The van der Waals surface area contributed by atoms with E-state index in [1.807, 2.05) is 12.1 Å². The first-order chi connectivity index (χ1) is 23.0. The molecule has 3 aromatic heterocycles. The highest BCUT2D eigenvalue weighted by molar-refractivity contribution is 5.99. The number of benzene rings is 2. The minimum Gasteiger partial charge on any atom is -0.394 e. The number of nitrogens with zero attached hydrogens (tertiary/aromatic N) is 4. The van der Waals surface area contributed by atoms with E-state index in [0.29, 0.717) is 29.8 Å². The predicted molar refractivity (Wildman–Crippen MR) is 170 cm³/mol. The summed E-state index contributed by atoms with van der Waals surface area (Å²) >= 11 is 0. The fraction of sp³-hybridized carbons (Fsp3) is 0.133. The van der Waals surface area contributed by atoms with Gasteiger partial charge in [0, 0.05) is 12.1 Å². The SMILES string of the molecule is Nc1c(Nc2cc(CNC(=O)c3cc(C(=O)N[C@H]4CCc5cc(-c6noc(=O)[nH]6)ccc54)nc4c(N)nc(N)n34)ccc2F)c(=O)c1=O. The first kappa shape index (κ1) is 29.8. The summed E-state index contributed by atoms with van der Waals surface area (Å²) < 4.78 is 20.2. The molecule has 48 heavy (non-hydrogen) atoms. The van der Waals surface area contributed by atoms with Crippen LogP contribution in [-0.2, 0) is 13.0 Å². The second-order valence-corrected chi connectivity index (χ2v) is 11.0. The topological polar surface area (TPSA) is 272 Å². The highest BCUT2D eigenvalue weighted by Crippen LogP contribution is 2.34. The third kappa shape index (κ3) is 5.06. The molecule has 7 rings (SSSR count). The van der Waals surface area contributed by atoms with Crippen molar-refractivity contribution in [3.63, 3.8) is 0 Å². The Balaban J connectivity index is 1.11. The van der Waals surface area contributed by atoms with Gasteiger partial charge in [-0.2, -0.15) is 4.98 Å². The summed E-state index contributed by atoms with van der Waals surface area (Å²) in [6, 6.07) is 10.2. The highest BCUT2D eigenvalue weighted by Gasteiger charge is 2.28. The lowest BCUT2D eigenvalue weighted by atomic mass is 10.0. The van der Waals surface area contributed by atoms with Gasteiger partial charge < -0.3 is 33.2 Å². The molecule has 3 aromatic carbocycles. The normalized spacial score (nSPS) is 13.9. The van der Waals surface area contributed by atoms with Gasteiger partial charge in [-0.1, -0.05) is 23.4 Å². The summed E-state index contributed by atoms with van der Waals surface area (Å²) in [4.78, 5) is 72.4. The molecule has 0 unspecified atom stereocenters. The van der Waals surface area contributed by atoms with E-state index < -0.39 is 34.2 Å². The van der Waals surface area contributed by atoms with E-state index >= 15 is 0 Å². The molecule has 6 aromatic rings. The standard InChI is InChI=1S/C30H24FN11O6/c31-15-5-1-11(7-17(15)36-21-20(32)22(43)23(21)44)10-35-28(46)19-9-18(37-26-24(33)39-29(34)42(19)26)27(45)38-16-6-3-12-8-13(2-4-14(12)16)25-40-30(47)48-41-25/h1-2,4-5,7-9,16,36H,3,6,10,32-33H2,(H2,34,39)(H,35,46)(H,38,45)(H,40,41,47)/t16-/m0/s1. The largest absolute Gasteiger partial charge is 0.439 e. The van der Waals surface area contributed by atoms with E-state index in [2.05, 4.69) is 40.6 Å². The molecule has 0 bridgehead atoms. The van der Waals surface area contributed by atoms with Crippen LogP contribution in [0.1, 0.15) is 50.1 Å². The number of rotatable bonds is 8. The Bertz CT molecular complexity index is 2440. The van der Waals surface area contributed by atoms with Crippen molar-refractivity contribution in [2.75, 3.05) is 22.5 Å². The van der Waals surface area contributed by atoms with Crippen LogP contribution in [-0.4, -0.2) is 36.3 Å². The average molecular weight is 654 g/mol. The predicted octanol–water partition coefficient (Wildman–Crippen LogP) is 0.645. The Labute approximate surface area is 266 Å². The van der Waals surface area contributed by atoms with E-state index in [4.69, 9.17) is 17.2 Å². The van der Waals surface area contributed by atoms with Crippen LogP contribution in [0, 0.1) is 5.82 Å². The van der Waals surface area contributed by atoms with Crippen molar-refractivity contribution in [1.82, 2.24) is 35.1 Å². The first-order valence-electron chi connectivity index (χ1n) is 14.4. The van der Waals surface area contributed by atoms with Crippen LogP contribution in [0.15, 0.2) is 61.4 Å². The zero-order valence-corrected chi connectivity index (χ0v) is 24.6.